The average molecular weight is 488 g/mol. The molecule has 0 aromatic heterocycles. The van der Waals surface area contributed by atoms with E-state index in [1.54, 1.807) is 24.3 Å². The van der Waals surface area contributed by atoms with E-state index in [-0.39, 0.29) is 6.61 Å². The lowest BCUT2D eigenvalue weighted by Gasteiger charge is -2.43. The van der Waals surface area contributed by atoms with Crippen molar-refractivity contribution >= 4 is 51.2 Å². The minimum absolute atomic E-state index is 0.262. The molecule has 2 N–H and O–H groups in total. The third-order valence-corrected chi connectivity index (χ3v) is 6.63. The molecule has 0 spiro atoms. The number of nitrogens with two attached hydrogens (primary N) is 1. The van der Waals surface area contributed by atoms with Gasteiger partial charge < -0.3 is 29.4 Å². The van der Waals surface area contributed by atoms with Crippen molar-refractivity contribution in [3.8, 4) is 0 Å². The van der Waals surface area contributed by atoms with Crippen LogP contribution in [0.5, 0.6) is 0 Å². The number of rotatable bonds is 8. The maximum absolute atomic E-state index is 11.8. The van der Waals surface area contributed by atoms with Gasteiger partial charge in [0.05, 0.1) is 0 Å². The normalized spacial score (nSPS) is 24.8. The maximum Gasteiger partial charge on any atom is 0.303 e. The molecule has 1 aromatic rings. The van der Waals surface area contributed by atoms with Crippen molar-refractivity contribution in [3.63, 3.8) is 0 Å². The molecule has 12 heteroatoms. The zero-order valence-corrected chi connectivity index (χ0v) is 19.6. The van der Waals surface area contributed by atoms with Crippen LogP contribution in [0.15, 0.2) is 29.2 Å². The van der Waals surface area contributed by atoms with E-state index in [2.05, 4.69) is 0 Å². The number of ether oxygens (including phenoxy) is 5. The van der Waals surface area contributed by atoms with Crippen molar-refractivity contribution in [1.82, 2.24) is 0 Å². The van der Waals surface area contributed by atoms with Crippen LogP contribution >= 0.6 is 21.6 Å². The Kier molecular flexibility index (Phi) is 9.66. The highest BCUT2D eigenvalue weighted by molar-refractivity contribution is 8.76. The minimum atomic E-state index is -1.18. The molecular weight excluding hydrogens is 462 g/mol. The van der Waals surface area contributed by atoms with E-state index in [0.29, 0.717) is 5.69 Å². The Morgan fingerprint density at radius 1 is 0.844 bits per heavy atom. The molecule has 1 heterocycles. The highest BCUT2D eigenvalue weighted by atomic mass is 33.1. The number of anilines is 1. The van der Waals surface area contributed by atoms with Crippen LogP contribution in [0.25, 0.3) is 0 Å². The van der Waals surface area contributed by atoms with Gasteiger partial charge in [0.25, 0.3) is 0 Å². The third-order valence-electron chi connectivity index (χ3n) is 4.07. The van der Waals surface area contributed by atoms with Gasteiger partial charge in [0.15, 0.2) is 23.7 Å². The molecule has 10 nitrogen and oxygen atoms in total. The van der Waals surface area contributed by atoms with Gasteiger partial charge in [-0.15, -0.1) is 0 Å². The van der Waals surface area contributed by atoms with Crippen LogP contribution in [0, 0.1) is 0 Å². The van der Waals surface area contributed by atoms with Crippen molar-refractivity contribution in [3.05, 3.63) is 24.3 Å². The Labute approximate surface area is 193 Å². The fraction of sp³-hybridized carbons (Fsp3) is 0.500. The molecule has 0 radical (unpaired) electrons. The molecule has 0 unspecified atom stereocenters. The fourth-order valence-electron chi connectivity index (χ4n) is 2.89. The van der Waals surface area contributed by atoms with Gasteiger partial charge in [-0.3, -0.25) is 19.2 Å². The quantitative estimate of drug-likeness (QED) is 0.248. The Bertz CT molecular complexity index is 833. The van der Waals surface area contributed by atoms with Gasteiger partial charge >= 0.3 is 23.9 Å². The van der Waals surface area contributed by atoms with Crippen molar-refractivity contribution in [2.45, 2.75) is 62.4 Å². The predicted molar refractivity (Wildman–Crippen MR) is 116 cm³/mol. The second-order valence-corrected chi connectivity index (χ2v) is 9.19. The Morgan fingerprint density at radius 3 is 1.91 bits per heavy atom. The average Bonchev–Trinajstić information content (AvgIpc) is 2.69. The van der Waals surface area contributed by atoms with Crippen LogP contribution < -0.4 is 5.73 Å². The lowest BCUT2D eigenvalue weighted by atomic mass is 9.99. The standard InChI is InChI=1S/C20H25NO9S2/c1-10(22)26-9-16-17(27-11(2)23)18(28-12(3)24)19(29-13(4)25)20(30-16)32-31-15-7-5-14(21)6-8-15/h5-8,16-20H,9,21H2,1-4H3/t16-,17-,18+,19-,20+/m1/s1. The predicted octanol–water partition coefficient (Wildman–Crippen LogP) is 2.09. The Morgan fingerprint density at radius 2 is 1.38 bits per heavy atom. The van der Waals surface area contributed by atoms with Gasteiger partial charge in [-0.2, -0.15) is 0 Å². The second-order valence-electron chi connectivity index (χ2n) is 6.82. The number of hydrogen-bond donors (Lipinski definition) is 1. The van der Waals surface area contributed by atoms with Gasteiger partial charge in [0.2, 0.25) is 0 Å². The number of esters is 4. The molecule has 1 aromatic carbocycles. The van der Waals surface area contributed by atoms with Crippen LogP contribution in [0.2, 0.25) is 0 Å². The smallest absolute Gasteiger partial charge is 0.303 e. The fourth-order valence-corrected chi connectivity index (χ4v) is 5.27. The van der Waals surface area contributed by atoms with Crippen LogP contribution in [-0.4, -0.2) is 60.3 Å². The van der Waals surface area contributed by atoms with Crippen LogP contribution in [0.4, 0.5) is 5.69 Å². The third kappa shape index (κ3) is 7.92. The first-order valence-electron chi connectivity index (χ1n) is 9.56. The summed E-state index contributed by atoms with van der Waals surface area (Å²) < 4.78 is 27.2. The molecule has 32 heavy (non-hydrogen) atoms. The molecule has 2 rings (SSSR count). The Hall–Kier alpha value is -2.44. The van der Waals surface area contributed by atoms with Crippen molar-refractivity contribution in [1.29, 1.82) is 0 Å². The zero-order valence-electron chi connectivity index (χ0n) is 18.0. The molecule has 5 atom stereocenters. The number of nitrogen functional groups attached to an aromatic ring is 1. The van der Waals surface area contributed by atoms with E-state index in [1.807, 2.05) is 0 Å². The van der Waals surface area contributed by atoms with Gasteiger partial charge in [0, 0.05) is 38.3 Å². The van der Waals surface area contributed by atoms with Crippen LogP contribution in [-0.2, 0) is 42.9 Å². The summed E-state index contributed by atoms with van der Waals surface area (Å²) in [6, 6.07) is 7.07. The Balaban J connectivity index is 2.35. The molecular formula is C20H25NO9S2. The summed E-state index contributed by atoms with van der Waals surface area (Å²) in [5, 5.41) is 0. The molecule has 0 saturated carbocycles. The molecule has 0 amide bonds. The summed E-state index contributed by atoms with van der Waals surface area (Å²) in [5.41, 5.74) is 5.46. The summed E-state index contributed by atoms with van der Waals surface area (Å²) in [7, 11) is 2.52. The zero-order chi connectivity index (χ0) is 23.8. The van der Waals surface area contributed by atoms with Gasteiger partial charge in [-0.25, -0.2) is 0 Å². The number of carbonyl (C=O) groups excluding carboxylic acids is 4. The van der Waals surface area contributed by atoms with E-state index >= 15 is 0 Å². The van der Waals surface area contributed by atoms with Crippen molar-refractivity contribution in [2.24, 2.45) is 0 Å². The first-order valence-corrected chi connectivity index (χ1v) is 11.8. The lowest BCUT2D eigenvalue weighted by Crippen LogP contribution is -2.61. The lowest BCUT2D eigenvalue weighted by molar-refractivity contribution is -0.237. The van der Waals surface area contributed by atoms with Crippen molar-refractivity contribution in [2.75, 3.05) is 12.3 Å². The minimum Gasteiger partial charge on any atom is -0.463 e. The SMILES string of the molecule is CC(=O)OC[C@H]1O[C@@H](SSc2ccc(N)cc2)[C@H](OC(C)=O)[C@@H](OC(C)=O)[C@@H]1OC(C)=O. The van der Waals surface area contributed by atoms with Crippen LogP contribution in [0.3, 0.4) is 0 Å². The van der Waals surface area contributed by atoms with Crippen LogP contribution in [0.1, 0.15) is 27.7 Å². The van der Waals surface area contributed by atoms with E-state index in [4.69, 9.17) is 29.4 Å². The second kappa shape index (κ2) is 12.0. The van der Waals surface area contributed by atoms with E-state index in [0.717, 1.165) is 4.90 Å². The van der Waals surface area contributed by atoms with Gasteiger partial charge in [-0.1, -0.05) is 21.6 Å². The van der Waals surface area contributed by atoms with E-state index in [1.165, 1.54) is 49.3 Å². The molecule has 1 fully saturated rings. The highest BCUT2D eigenvalue weighted by Gasteiger charge is 2.52. The van der Waals surface area contributed by atoms with Crippen molar-refractivity contribution < 1.29 is 42.9 Å². The topological polar surface area (TPSA) is 140 Å². The molecule has 176 valence electrons. The van der Waals surface area contributed by atoms with E-state index < -0.39 is 53.7 Å². The summed E-state index contributed by atoms with van der Waals surface area (Å²) in [5.74, 6) is -2.56. The molecule has 1 aliphatic rings. The highest BCUT2D eigenvalue weighted by Crippen LogP contribution is 2.42. The summed E-state index contributed by atoms with van der Waals surface area (Å²) in [6.45, 7) is 4.51. The summed E-state index contributed by atoms with van der Waals surface area (Å²) >= 11 is 0. The number of benzene rings is 1. The molecule has 0 aliphatic carbocycles. The van der Waals surface area contributed by atoms with Gasteiger partial charge in [0.1, 0.15) is 12.7 Å². The molecule has 1 aliphatic heterocycles. The summed E-state index contributed by atoms with van der Waals surface area (Å²) in [6.07, 6.45) is -4.42. The largest absolute Gasteiger partial charge is 0.463 e. The number of carbonyl (C=O) groups is 4. The molecule has 1 saturated heterocycles. The van der Waals surface area contributed by atoms with Gasteiger partial charge in [-0.05, 0) is 24.3 Å². The van der Waals surface area contributed by atoms with E-state index in [9.17, 15) is 19.2 Å². The summed E-state index contributed by atoms with van der Waals surface area (Å²) in [4.78, 5) is 47.5. The first kappa shape index (κ1) is 25.8. The monoisotopic (exact) mass is 487 g/mol. The maximum atomic E-state index is 11.8. The molecule has 0 bridgehead atoms. The first-order chi connectivity index (χ1) is 15.1. The number of hydrogen-bond acceptors (Lipinski definition) is 12.